The van der Waals surface area contributed by atoms with E-state index in [1.807, 2.05) is 63.2 Å². The number of anilines is 2. The summed E-state index contributed by atoms with van der Waals surface area (Å²) in [5, 5.41) is 3.51. The Bertz CT molecular complexity index is 897. The summed E-state index contributed by atoms with van der Waals surface area (Å²) in [5.74, 6) is -0.0990. The maximum atomic E-state index is 12.5. The normalized spacial score (nSPS) is 10.6. The van der Waals surface area contributed by atoms with Gasteiger partial charge in [0.1, 0.15) is 0 Å². The van der Waals surface area contributed by atoms with Crippen molar-refractivity contribution in [3.05, 3.63) is 64.0 Å². The molecule has 0 aliphatic rings. The zero-order chi connectivity index (χ0) is 17.3. The van der Waals surface area contributed by atoms with Crippen LogP contribution in [0.2, 0.25) is 0 Å². The van der Waals surface area contributed by atoms with E-state index in [1.165, 1.54) is 11.3 Å². The molecule has 0 aliphatic heterocycles. The molecule has 1 heterocycles. The fraction of sp³-hybridized carbons (Fsp3) is 0.158. The first-order chi connectivity index (χ1) is 11.5. The lowest BCUT2D eigenvalue weighted by Gasteiger charge is -2.10. The number of hydrogen-bond donors (Lipinski definition) is 2. The summed E-state index contributed by atoms with van der Waals surface area (Å²) in [7, 11) is 0. The van der Waals surface area contributed by atoms with Crippen LogP contribution in [0.3, 0.4) is 0 Å². The van der Waals surface area contributed by atoms with E-state index < -0.39 is 0 Å². The maximum Gasteiger partial charge on any atom is 0.255 e. The van der Waals surface area contributed by atoms with E-state index in [9.17, 15) is 4.79 Å². The Kier molecular flexibility index (Phi) is 4.36. The maximum absolute atomic E-state index is 12.5. The van der Waals surface area contributed by atoms with Gasteiger partial charge < -0.3 is 11.1 Å². The van der Waals surface area contributed by atoms with Gasteiger partial charge in [0, 0.05) is 21.7 Å². The molecule has 1 amide bonds. The first kappa shape index (κ1) is 16.2. The minimum atomic E-state index is -0.0990. The van der Waals surface area contributed by atoms with Gasteiger partial charge in [-0.15, -0.1) is 11.3 Å². The van der Waals surface area contributed by atoms with Gasteiger partial charge in [-0.1, -0.05) is 24.3 Å². The number of nitrogens with one attached hydrogen (secondary N) is 1. The SMILES string of the molecule is Cc1cccc(C(=O)Nc2ccc(-c3nc(N)sc3C)cc2)c1C. The second kappa shape index (κ2) is 6.45. The van der Waals surface area contributed by atoms with E-state index >= 15 is 0 Å². The van der Waals surface area contributed by atoms with Crippen LogP contribution < -0.4 is 11.1 Å². The molecule has 3 rings (SSSR count). The van der Waals surface area contributed by atoms with Crippen molar-refractivity contribution in [2.24, 2.45) is 0 Å². The van der Waals surface area contributed by atoms with Crippen LogP contribution in [0.1, 0.15) is 26.4 Å². The minimum absolute atomic E-state index is 0.0990. The van der Waals surface area contributed by atoms with Gasteiger partial charge in [0.05, 0.1) is 5.69 Å². The van der Waals surface area contributed by atoms with Crippen LogP contribution in [-0.4, -0.2) is 10.9 Å². The van der Waals surface area contributed by atoms with Crippen molar-refractivity contribution >= 4 is 28.1 Å². The molecule has 0 spiro atoms. The van der Waals surface area contributed by atoms with Crippen LogP contribution in [0.5, 0.6) is 0 Å². The fourth-order valence-corrected chi connectivity index (χ4v) is 3.30. The number of carbonyl (C=O) groups is 1. The first-order valence-corrected chi connectivity index (χ1v) is 8.48. The Hall–Kier alpha value is -2.66. The largest absolute Gasteiger partial charge is 0.375 e. The van der Waals surface area contributed by atoms with E-state index in [1.54, 1.807) is 0 Å². The fourth-order valence-electron chi connectivity index (χ4n) is 2.59. The number of aromatic nitrogens is 1. The number of aryl methyl sites for hydroxylation is 2. The third-order valence-electron chi connectivity index (χ3n) is 4.08. The number of rotatable bonds is 3. The molecule has 4 nitrogen and oxygen atoms in total. The van der Waals surface area contributed by atoms with Crippen molar-refractivity contribution in [1.82, 2.24) is 4.98 Å². The summed E-state index contributed by atoms with van der Waals surface area (Å²) >= 11 is 1.48. The molecule has 0 aliphatic carbocycles. The number of nitrogens with two attached hydrogens (primary N) is 1. The Morgan fingerprint density at radius 3 is 2.42 bits per heavy atom. The molecule has 0 atom stereocenters. The quantitative estimate of drug-likeness (QED) is 0.735. The van der Waals surface area contributed by atoms with Crippen LogP contribution in [0, 0.1) is 20.8 Å². The van der Waals surface area contributed by atoms with Crippen molar-refractivity contribution in [3.63, 3.8) is 0 Å². The molecule has 0 fully saturated rings. The van der Waals surface area contributed by atoms with Crippen LogP contribution in [0.15, 0.2) is 42.5 Å². The molecular formula is C19H19N3OS. The number of nitrogens with zero attached hydrogens (tertiary/aromatic N) is 1. The summed E-state index contributed by atoms with van der Waals surface area (Å²) < 4.78 is 0. The number of amides is 1. The number of carbonyl (C=O) groups excluding carboxylic acids is 1. The van der Waals surface area contributed by atoms with Crippen LogP contribution in [0.25, 0.3) is 11.3 Å². The van der Waals surface area contributed by atoms with Crippen LogP contribution in [0.4, 0.5) is 10.8 Å². The van der Waals surface area contributed by atoms with E-state index in [-0.39, 0.29) is 5.91 Å². The Balaban J connectivity index is 1.80. The molecule has 0 saturated heterocycles. The highest BCUT2D eigenvalue weighted by Crippen LogP contribution is 2.29. The van der Waals surface area contributed by atoms with Gasteiger partial charge in [-0.3, -0.25) is 4.79 Å². The zero-order valence-corrected chi connectivity index (χ0v) is 14.7. The lowest BCUT2D eigenvalue weighted by atomic mass is 10.0. The van der Waals surface area contributed by atoms with Crippen molar-refractivity contribution < 1.29 is 4.79 Å². The summed E-state index contributed by atoms with van der Waals surface area (Å²) in [5.41, 5.74) is 11.2. The average molecular weight is 337 g/mol. The molecule has 0 unspecified atom stereocenters. The average Bonchev–Trinajstić information content (AvgIpc) is 2.89. The predicted octanol–water partition coefficient (Wildman–Crippen LogP) is 4.57. The second-order valence-electron chi connectivity index (χ2n) is 5.74. The topological polar surface area (TPSA) is 68.0 Å². The zero-order valence-electron chi connectivity index (χ0n) is 13.9. The second-order valence-corrected chi connectivity index (χ2v) is 6.97. The molecule has 24 heavy (non-hydrogen) atoms. The molecular weight excluding hydrogens is 318 g/mol. The van der Waals surface area contributed by atoms with Gasteiger partial charge in [-0.05, 0) is 50.1 Å². The van der Waals surface area contributed by atoms with E-state index in [2.05, 4.69) is 10.3 Å². The van der Waals surface area contributed by atoms with Gasteiger partial charge in [0.2, 0.25) is 0 Å². The molecule has 0 saturated carbocycles. The number of nitrogen functional groups attached to an aromatic ring is 1. The van der Waals surface area contributed by atoms with Gasteiger partial charge in [-0.25, -0.2) is 4.98 Å². The van der Waals surface area contributed by atoms with Crippen LogP contribution >= 0.6 is 11.3 Å². The van der Waals surface area contributed by atoms with Crippen molar-refractivity contribution in [1.29, 1.82) is 0 Å². The number of thiazole rings is 1. The third-order valence-corrected chi connectivity index (χ3v) is 4.88. The van der Waals surface area contributed by atoms with Gasteiger partial charge >= 0.3 is 0 Å². The standard InChI is InChI=1S/C19H19N3OS/c1-11-5-4-6-16(12(11)2)18(23)21-15-9-7-14(8-10-15)17-13(3)24-19(20)22-17/h4-10H,1-3H3,(H2,20,22)(H,21,23). The smallest absolute Gasteiger partial charge is 0.255 e. The number of benzene rings is 2. The van der Waals surface area contributed by atoms with Crippen molar-refractivity contribution in [2.75, 3.05) is 11.1 Å². The first-order valence-electron chi connectivity index (χ1n) is 7.66. The predicted molar refractivity (Wildman–Crippen MR) is 101 cm³/mol. The molecule has 3 aromatic rings. The molecule has 0 bridgehead atoms. The lowest BCUT2D eigenvalue weighted by Crippen LogP contribution is -2.13. The summed E-state index contributed by atoms with van der Waals surface area (Å²) in [4.78, 5) is 17.9. The molecule has 1 aromatic heterocycles. The van der Waals surface area contributed by atoms with Gasteiger partial charge in [0.15, 0.2) is 5.13 Å². The Labute approximate surface area is 145 Å². The van der Waals surface area contributed by atoms with Crippen molar-refractivity contribution in [2.45, 2.75) is 20.8 Å². The van der Waals surface area contributed by atoms with E-state index in [0.29, 0.717) is 10.7 Å². The molecule has 122 valence electrons. The third kappa shape index (κ3) is 3.16. The minimum Gasteiger partial charge on any atom is -0.375 e. The highest BCUT2D eigenvalue weighted by atomic mass is 32.1. The summed E-state index contributed by atoms with van der Waals surface area (Å²) in [6, 6.07) is 13.4. The molecule has 5 heteroatoms. The van der Waals surface area contributed by atoms with Gasteiger partial charge in [0.25, 0.3) is 5.91 Å². The highest BCUT2D eigenvalue weighted by molar-refractivity contribution is 7.15. The lowest BCUT2D eigenvalue weighted by molar-refractivity contribution is 0.102. The van der Waals surface area contributed by atoms with E-state index in [4.69, 9.17) is 5.73 Å². The summed E-state index contributed by atoms with van der Waals surface area (Å²) in [6.45, 7) is 5.96. The van der Waals surface area contributed by atoms with E-state index in [0.717, 1.165) is 32.9 Å². The Morgan fingerprint density at radius 1 is 1.08 bits per heavy atom. The van der Waals surface area contributed by atoms with Crippen LogP contribution in [-0.2, 0) is 0 Å². The monoisotopic (exact) mass is 337 g/mol. The van der Waals surface area contributed by atoms with Crippen molar-refractivity contribution in [3.8, 4) is 11.3 Å². The highest BCUT2D eigenvalue weighted by Gasteiger charge is 2.11. The molecule has 0 radical (unpaired) electrons. The molecule has 3 N–H and O–H groups in total. The molecule has 2 aromatic carbocycles. The summed E-state index contributed by atoms with van der Waals surface area (Å²) in [6.07, 6.45) is 0. The van der Waals surface area contributed by atoms with Gasteiger partial charge in [-0.2, -0.15) is 0 Å². The Morgan fingerprint density at radius 2 is 1.79 bits per heavy atom. The number of hydrogen-bond acceptors (Lipinski definition) is 4.